The van der Waals surface area contributed by atoms with Crippen molar-refractivity contribution in [3.05, 3.63) is 0 Å². The van der Waals surface area contributed by atoms with Crippen molar-refractivity contribution < 1.29 is 29.4 Å². The van der Waals surface area contributed by atoms with E-state index >= 15 is 0 Å². The third-order valence-corrected chi connectivity index (χ3v) is 1.58. The quantitative estimate of drug-likeness (QED) is 0.368. The highest BCUT2D eigenvalue weighted by molar-refractivity contribution is 6.34. The van der Waals surface area contributed by atoms with Gasteiger partial charge < -0.3 is 21.3 Å². The molecule has 0 fully saturated rings. The Bertz CT molecular complexity index is 273. The van der Waals surface area contributed by atoms with Gasteiger partial charge in [-0.25, -0.2) is 9.59 Å². The Kier molecular flexibility index (Phi) is 3.16. The lowest BCUT2D eigenvalue weighted by Crippen LogP contribution is -2.59. The molecular formula is C6H8N2O6. The highest BCUT2D eigenvalue weighted by atomic mass is 16.4. The molecule has 8 heteroatoms. The molecule has 0 aromatic carbocycles. The van der Waals surface area contributed by atoms with Gasteiger partial charge in [-0.05, 0) is 0 Å². The summed E-state index contributed by atoms with van der Waals surface area (Å²) >= 11 is 0. The summed E-state index contributed by atoms with van der Waals surface area (Å²) < 4.78 is 0. The van der Waals surface area contributed by atoms with Crippen LogP contribution in [0.5, 0.6) is 0 Å². The van der Waals surface area contributed by atoms with E-state index in [9.17, 15) is 19.2 Å². The van der Waals surface area contributed by atoms with Gasteiger partial charge in [0.25, 0.3) is 11.8 Å². The van der Waals surface area contributed by atoms with Gasteiger partial charge in [0.05, 0.1) is 0 Å². The van der Waals surface area contributed by atoms with E-state index in [1.165, 1.54) is 0 Å². The number of nitrogens with two attached hydrogens (primary N) is 1. The van der Waals surface area contributed by atoms with Crippen molar-refractivity contribution in [3.8, 4) is 0 Å². The zero-order valence-electron chi connectivity index (χ0n) is 7.10. The van der Waals surface area contributed by atoms with Gasteiger partial charge in [0.1, 0.15) is 0 Å². The van der Waals surface area contributed by atoms with Crippen LogP contribution >= 0.6 is 0 Å². The fraction of sp³-hybridized carbons (Fsp3) is 0.333. The molecule has 0 bridgehead atoms. The SMILES string of the molecule is CNC(=O)C(C(N)=O)(C(=O)O)C(=O)O. The summed E-state index contributed by atoms with van der Waals surface area (Å²) in [6, 6.07) is 0. The van der Waals surface area contributed by atoms with Crippen LogP contribution in [0.15, 0.2) is 0 Å². The molecule has 0 aliphatic heterocycles. The fourth-order valence-electron chi connectivity index (χ4n) is 0.796. The number of rotatable bonds is 4. The molecule has 0 aromatic rings. The predicted octanol–water partition coefficient (Wildman–Crippen LogP) is -2.63. The standard InChI is InChI=1S/C6H8N2O6/c1-8-3(10)6(2(7)9,4(11)12)5(13)14/h1H3,(H2,7,9)(H,8,10)(H,11,12)(H,13,14). The van der Waals surface area contributed by atoms with E-state index in [4.69, 9.17) is 10.2 Å². The van der Waals surface area contributed by atoms with Gasteiger partial charge in [0, 0.05) is 7.05 Å². The highest BCUT2D eigenvalue weighted by Crippen LogP contribution is 2.17. The molecule has 0 rings (SSSR count). The van der Waals surface area contributed by atoms with Gasteiger partial charge in [0.2, 0.25) is 0 Å². The van der Waals surface area contributed by atoms with Crippen LogP contribution < -0.4 is 11.1 Å². The van der Waals surface area contributed by atoms with Crippen molar-refractivity contribution in [3.63, 3.8) is 0 Å². The molecule has 0 heterocycles. The van der Waals surface area contributed by atoms with E-state index in [0.717, 1.165) is 7.05 Å². The second-order valence-corrected chi connectivity index (χ2v) is 2.30. The van der Waals surface area contributed by atoms with Crippen LogP contribution in [0.3, 0.4) is 0 Å². The molecule has 14 heavy (non-hydrogen) atoms. The van der Waals surface area contributed by atoms with Crippen LogP contribution in [0, 0.1) is 5.41 Å². The lowest BCUT2D eigenvalue weighted by atomic mass is 9.86. The van der Waals surface area contributed by atoms with Gasteiger partial charge in [-0.2, -0.15) is 0 Å². The smallest absolute Gasteiger partial charge is 0.340 e. The van der Waals surface area contributed by atoms with Gasteiger partial charge in [-0.1, -0.05) is 0 Å². The number of carboxylic acid groups (broad SMARTS) is 2. The molecule has 0 saturated heterocycles. The van der Waals surface area contributed by atoms with Crippen LogP contribution in [0.25, 0.3) is 0 Å². The van der Waals surface area contributed by atoms with Crippen LogP contribution in [0.1, 0.15) is 0 Å². The van der Waals surface area contributed by atoms with E-state index in [2.05, 4.69) is 5.73 Å². The van der Waals surface area contributed by atoms with Crippen LogP contribution in [-0.4, -0.2) is 41.0 Å². The summed E-state index contributed by atoms with van der Waals surface area (Å²) in [6.07, 6.45) is 0. The molecule has 0 aliphatic rings. The Hall–Kier alpha value is -2.12. The molecule has 78 valence electrons. The number of carbonyl (C=O) groups excluding carboxylic acids is 2. The van der Waals surface area contributed by atoms with Crippen LogP contribution in [0.2, 0.25) is 0 Å². The maximum absolute atomic E-state index is 11.0. The Morgan fingerprint density at radius 3 is 1.57 bits per heavy atom. The van der Waals surface area contributed by atoms with E-state index in [0.29, 0.717) is 0 Å². The molecule has 0 saturated carbocycles. The minimum atomic E-state index is -3.27. The number of primary amides is 1. The second kappa shape index (κ2) is 3.73. The molecule has 0 atom stereocenters. The topological polar surface area (TPSA) is 147 Å². The van der Waals surface area contributed by atoms with E-state index in [1.807, 2.05) is 0 Å². The van der Waals surface area contributed by atoms with Crippen molar-refractivity contribution in [2.75, 3.05) is 7.05 Å². The monoisotopic (exact) mass is 204 g/mol. The summed E-state index contributed by atoms with van der Waals surface area (Å²) in [5.74, 6) is -7.50. The summed E-state index contributed by atoms with van der Waals surface area (Å²) in [6.45, 7) is 0. The van der Waals surface area contributed by atoms with Crippen molar-refractivity contribution >= 4 is 23.8 Å². The maximum atomic E-state index is 11.0. The van der Waals surface area contributed by atoms with Crippen molar-refractivity contribution in [2.24, 2.45) is 11.1 Å². The third-order valence-electron chi connectivity index (χ3n) is 1.58. The summed E-state index contributed by atoms with van der Waals surface area (Å²) in [4.78, 5) is 42.8. The number of amides is 2. The first kappa shape index (κ1) is 11.9. The van der Waals surface area contributed by atoms with Crippen molar-refractivity contribution in [1.82, 2.24) is 5.32 Å². The van der Waals surface area contributed by atoms with E-state index in [1.54, 1.807) is 5.32 Å². The Morgan fingerprint density at radius 1 is 1.14 bits per heavy atom. The molecule has 0 radical (unpaired) electrons. The van der Waals surface area contributed by atoms with Crippen molar-refractivity contribution in [2.45, 2.75) is 0 Å². The normalized spacial score (nSPS) is 10.4. The number of hydrogen-bond donors (Lipinski definition) is 4. The zero-order chi connectivity index (χ0) is 11.5. The number of hydrogen-bond acceptors (Lipinski definition) is 4. The molecule has 0 aliphatic carbocycles. The van der Waals surface area contributed by atoms with Gasteiger partial charge in [-0.15, -0.1) is 0 Å². The summed E-state index contributed by atoms with van der Waals surface area (Å²) in [5, 5.41) is 18.8. The van der Waals surface area contributed by atoms with Gasteiger partial charge in [0.15, 0.2) is 0 Å². The first-order valence-electron chi connectivity index (χ1n) is 3.30. The third kappa shape index (κ3) is 1.37. The molecular weight excluding hydrogens is 196 g/mol. The summed E-state index contributed by atoms with van der Waals surface area (Å²) in [7, 11) is 0.992. The van der Waals surface area contributed by atoms with Crippen molar-refractivity contribution in [1.29, 1.82) is 0 Å². The predicted molar refractivity (Wildman–Crippen MR) is 41.0 cm³/mol. The fourth-order valence-corrected chi connectivity index (χ4v) is 0.796. The Balaban J connectivity index is 5.63. The van der Waals surface area contributed by atoms with Gasteiger partial charge >= 0.3 is 17.4 Å². The lowest BCUT2D eigenvalue weighted by molar-refractivity contribution is -0.171. The van der Waals surface area contributed by atoms with E-state index in [-0.39, 0.29) is 0 Å². The minimum Gasteiger partial charge on any atom is -0.480 e. The van der Waals surface area contributed by atoms with E-state index < -0.39 is 29.2 Å². The number of aliphatic carboxylic acids is 2. The number of nitrogens with one attached hydrogen (secondary N) is 1. The average molecular weight is 204 g/mol. The first-order chi connectivity index (χ1) is 6.31. The molecule has 0 aromatic heterocycles. The lowest BCUT2D eigenvalue weighted by Gasteiger charge is -2.18. The van der Waals surface area contributed by atoms with Crippen LogP contribution in [0.4, 0.5) is 0 Å². The highest BCUT2D eigenvalue weighted by Gasteiger charge is 2.59. The number of carboxylic acids is 2. The van der Waals surface area contributed by atoms with Crippen LogP contribution in [-0.2, 0) is 19.2 Å². The first-order valence-corrected chi connectivity index (χ1v) is 3.30. The van der Waals surface area contributed by atoms with Gasteiger partial charge in [-0.3, -0.25) is 9.59 Å². The summed E-state index contributed by atoms with van der Waals surface area (Å²) in [5.41, 5.74) is 1.32. The maximum Gasteiger partial charge on any atom is 0.340 e. The largest absolute Gasteiger partial charge is 0.480 e. The molecule has 5 N–H and O–H groups in total. The average Bonchev–Trinajstić information content (AvgIpc) is 2.02. The molecule has 0 unspecified atom stereocenters. The minimum absolute atomic E-state index is 0.992. The molecule has 8 nitrogen and oxygen atoms in total. The zero-order valence-corrected chi connectivity index (χ0v) is 7.10. The Morgan fingerprint density at radius 2 is 1.50 bits per heavy atom. The molecule has 2 amide bonds. The number of carbonyl (C=O) groups is 4. The molecule has 0 spiro atoms. The Labute approximate surface area is 77.7 Å². The second-order valence-electron chi connectivity index (χ2n) is 2.30.